The highest BCUT2D eigenvalue weighted by Crippen LogP contribution is 2.57. The SMILES string of the molecule is CC1=C2C=CC3(C)C(O)CCC3C2CC2CCC(=O)C=C12. The maximum atomic E-state index is 11.8. The lowest BCUT2D eigenvalue weighted by Crippen LogP contribution is -2.40. The van der Waals surface area contributed by atoms with Crippen LogP contribution in [-0.2, 0) is 4.79 Å². The van der Waals surface area contributed by atoms with E-state index in [0.29, 0.717) is 30.0 Å². The van der Waals surface area contributed by atoms with Gasteiger partial charge in [-0.3, -0.25) is 4.79 Å². The third-order valence-corrected chi connectivity index (χ3v) is 6.68. The molecule has 0 saturated heterocycles. The van der Waals surface area contributed by atoms with Crippen molar-refractivity contribution in [2.24, 2.45) is 23.2 Å². The molecule has 4 aliphatic carbocycles. The zero-order chi connectivity index (χ0) is 14.8. The van der Waals surface area contributed by atoms with Crippen LogP contribution in [0.25, 0.3) is 0 Å². The average molecular weight is 284 g/mol. The van der Waals surface area contributed by atoms with Gasteiger partial charge in [-0.2, -0.15) is 0 Å². The molecule has 0 aliphatic heterocycles. The van der Waals surface area contributed by atoms with Gasteiger partial charge in [0, 0.05) is 11.8 Å². The van der Waals surface area contributed by atoms with E-state index in [0.717, 1.165) is 19.3 Å². The summed E-state index contributed by atoms with van der Waals surface area (Å²) in [5.74, 6) is 2.00. The standard InChI is InChI=1S/C19H24O2/c1-11-14-7-8-19(2)17(5-6-18(19)21)16(14)9-12-3-4-13(20)10-15(11)12/h7-8,10,12,16-18,21H,3-6,9H2,1-2H3. The second kappa shape index (κ2) is 4.42. The van der Waals surface area contributed by atoms with E-state index in [4.69, 9.17) is 0 Å². The fourth-order valence-corrected chi connectivity index (χ4v) is 5.35. The summed E-state index contributed by atoms with van der Waals surface area (Å²) in [4.78, 5) is 11.8. The van der Waals surface area contributed by atoms with Crippen molar-refractivity contribution >= 4 is 5.78 Å². The first-order chi connectivity index (χ1) is 10.0. The summed E-state index contributed by atoms with van der Waals surface area (Å²) in [5, 5.41) is 10.4. The molecule has 0 radical (unpaired) electrons. The smallest absolute Gasteiger partial charge is 0.156 e. The minimum atomic E-state index is -0.189. The predicted octanol–water partition coefficient (Wildman–Crippen LogP) is 3.58. The van der Waals surface area contributed by atoms with Gasteiger partial charge in [0.2, 0.25) is 0 Å². The topological polar surface area (TPSA) is 37.3 Å². The van der Waals surface area contributed by atoms with Gasteiger partial charge < -0.3 is 5.11 Å². The Bertz CT molecular complexity index is 595. The van der Waals surface area contributed by atoms with Crippen LogP contribution in [0.15, 0.2) is 34.9 Å². The lowest BCUT2D eigenvalue weighted by Gasteiger charge is -2.46. The number of carbonyl (C=O) groups excluding carboxylic acids is 1. The summed E-state index contributed by atoms with van der Waals surface area (Å²) in [5.41, 5.74) is 4.03. The number of ketones is 1. The quantitative estimate of drug-likeness (QED) is 0.738. The number of hydrogen-bond donors (Lipinski definition) is 1. The van der Waals surface area contributed by atoms with E-state index in [1.165, 1.54) is 23.1 Å². The molecule has 1 N–H and O–H groups in total. The molecule has 0 bridgehead atoms. The van der Waals surface area contributed by atoms with Gasteiger partial charge in [0.1, 0.15) is 0 Å². The van der Waals surface area contributed by atoms with Crippen LogP contribution in [0.4, 0.5) is 0 Å². The Hall–Kier alpha value is -1.15. The van der Waals surface area contributed by atoms with Crippen molar-refractivity contribution in [1.29, 1.82) is 0 Å². The minimum Gasteiger partial charge on any atom is -0.392 e. The molecular formula is C19H24O2. The van der Waals surface area contributed by atoms with Crippen LogP contribution >= 0.6 is 0 Å². The molecule has 0 aromatic rings. The van der Waals surface area contributed by atoms with Gasteiger partial charge >= 0.3 is 0 Å². The molecule has 1 fully saturated rings. The van der Waals surface area contributed by atoms with Crippen molar-refractivity contribution in [2.75, 3.05) is 0 Å². The number of allylic oxidation sites excluding steroid dienone is 5. The molecule has 5 atom stereocenters. The first-order valence-electron chi connectivity index (χ1n) is 8.33. The normalized spacial score (nSPS) is 45.1. The summed E-state index contributed by atoms with van der Waals surface area (Å²) in [6.07, 6.45) is 11.2. The fraction of sp³-hybridized carbons (Fsp3) is 0.632. The van der Waals surface area contributed by atoms with Gasteiger partial charge in [-0.05, 0) is 73.2 Å². The third-order valence-electron chi connectivity index (χ3n) is 6.68. The zero-order valence-corrected chi connectivity index (χ0v) is 12.9. The lowest BCUT2D eigenvalue weighted by molar-refractivity contribution is -0.115. The molecule has 0 aromatic heterocycles. The van der Waals surface area contributed by atoms with E-state index in [2.05, 4.69) is 26.0 Å². The largest absolute Gasteiger partial charge is 0.392 e. The molecule has 0 heterocycles. The van der Waals surface area contributed by atoms with Crippen LogP contribution in [0.3, 0.4) is 0 Å². The summed E-state index contributed by atoms with van der Waals surface area (Å²) in [7, 11) is 0. The summed E-state index contributed by atoms with van der Waals surface area (Å²) in [6.45, 7) is 4.42. The van der Waals surface area contributed by atoms with Crippen LogP contribution in [0.5, 0.6) is 0 Å². The molecule has 0 spiro atoms. The second-order valence-electron chi connectivity index (χ2n) is 7.62. The molecule has 0 amide bonds. The van der Waals surface area contributed by atoms with Crippen molar-refractivity contribution in [2.45, 2.75) is 52.1 Å². The molecule has 2 heteroatoms. The number of hydrogen-bond acceptors (Lipinski definition) is 2. The summed E-state index contributed by atoms with van der Waals surface area (Å²) < 4.78 is 0. The van der Waals surface area contributed by atoms with Crippen molar-refractivity contribution in [3.63, 3.8) is 0 Å². The molecule has 21 heavy (non-hydrogen) atoms. The van der Waals surface area contributed by atoms with E-state index in [9.17, 15) is 9.90 Å². The maximum Gasteiger partial charge on any atom is 0.156 e. The molecule has 1 saturated carbocycles. The Kier molecular flexibility index (Phi) is 2.85. The van der Waals surface area contributed by atoms with Gasteiger partial charge in [-0.25, -0.2) is 0 Å². The van der Waals surface area contributed by atoms with Crippen LogP contribution < -0.4 is 0 Å². The summed E-state index contributed by atoms with van der Waals surface area (Å²) >= 11 is 0. The minimum absolute atomic E-state index is 0.0415. The predicted molar refractivity (Wildman–Crippen MR) is 82.6 cm³/mol. The zero-order valence-electron chi connectivity index (χ0n) is 12.9. The highest BCUT2D eigenvalue weighted by Gasteiger charge is 2.51. The van der Waals surface area contributed by atoms with Gasteiger partial charge in [0.25, 0.3) is 0 Å². The molecule has 0 aromatic carbocycles. The van der Waals surface area contributed by atoms with E-state index in [-0.39, 0.29) is 11.5 Å². The van der Waals surface area contributed by atoms with Gasteiger partial charge in [-0.15, -0.1) is 0 Å². The van der Waals surface area contributed by atoms with Gasteiger partial charge in [-0.1, -0.05) is 19.1 Å². The fourth-order valence-electron chi connectivity index (χ4n) is 5.35. The van der Waals surface area contributed by atoms with E-state index >= 15 is 0 Å². The Balaban J connectivity index is 1.82. The summed E-state index contributed by atoms with van der Waals surface area (Å²) in [6, 6.07) is 0. The van der Waals surface area contributed by atoms with Crippen molar-refractivity contribution in [3.05, 3.63) is 34.9 Å². The Morgan fingerprint density at radius 3 is 2.90 bits per heavy atom. The van der Waals surface area contributed by atoms with Gasteiger partial charge in [0.15, 0.2) is 5.78 Å². The maximum absolute atomic E-state index is 11.8. The Morgan fingerprint density at radius 1 is 1.29 bits per heavy atom. The first-order valence-corrected chi connectivity index (χ1v) is 8.33. The van der Waals surface area contributed by atoms with E-state index in [1.54, 1.807) is 0 Å². The molecule has 5 unspecified atom stereocenters. The van der Waals surface area contributed by atoms with E-state index < -0.39 is 0 Å². The second-order valence-corrected chi connectivity index (χ2v) is 7.62. The highest BCUT2D eigenvalue weighted by atomic mass is 16.3. The Labute approximate surface area is 126 Å². The first kappa shape index (κ1) is 13.5. The molecule has 112 valence electrons. The number of aliphatic hydroxyl groups excluding tert-OH is 1. The van der Waals surface area contributed by atoms with E-state index in [1.807, 2.05) is 6.08 Å². The molecule has 2 nitrogen and oxygen atoms in total. The van der Waals surface area contributed by atoms with Crippen LogP contribution in [0.2, 0.25) is 0 Å². The van der Waals surface area contributed by atoms with Crippen LogP contribution in [0, 0.1) is 23.2 Å². The van der Waals surface area contributed by atoms with Crippen molar-refractivity contribution < 1.29 is 9.90 Å². The average Bonchev–Trinajstić information content (AvgIpc) is 2.76. The monoisotopic (exact) mass is 284 g/mol. The number of carbonyl (C=O) groups is 1. The number of aliphatic hydroxyl groups is 1. The van der Waals surface area contributed by atoms with Crippen molar-refractivity contribution in [3.8, 4) is 0 Å². The third kappa shape index (κ3) is 1.78. The van der Waals surface area contributed by atoms with Gasteiger partial charge in [0.05, 0.1) is 6.10 Å². The number of rotatable bonds is 0. The van der Waals surface area contributed by atoms with Crippen LogP contribution in [-0.4, -0.2) is 17.0 Å². The van der Waals surface area contributed by atoms with Crippen molar-refractivity contribution in [1.82, 2.24) is 0 Å². The highest BCUT2D eigenvalue weighted by molar-refractivity contribution is 5.92. The molecular weight excluding hydrogens is 260 g/mol. The van der Waals surface area contributed by atoms with Crippen LogP contribution in [0.1, 0.15) is 46.0 Å². The lowest BCUT2D eigenvalue weighted by atomic mass is 9.58. The molecule has 4 aliphatic rings. The number of fused-ring (bicyclic) bond motifs is 4. The Morgan fingerprint density at radius 2 is 2.10 bits per heavy atom. The molecule has 4 rings (SSSR count).